The van der Waals surface area contributed by atoms with E-state index in [1.54, 1.807) is 29.5 Å². The fourth-order valence-corrected chi connectivity index (χ4v) is 4.21. The molecule has 6 heteroatoms. The summed E-state index contributed by atoms with van der Waals surface area (Å²) < 4.78 is 15.6. The lowest BCUT2D eigenvalue weighted by atomic mass is 10.2. The zero-order valence-corrected chi connectivity index (χ0v) is 14.0. The zero-order valence-electron chi connectivity index (χ0n) is 12.3. The number of thiazole rings is 2. The van der Waals surface area contributed by atoms with Crippen LogP contribution in [0.3, 0.4) is 0 Å². The first-order chi connectivity index (χ1) is 11.7. The van der Waals surface area contributed by atoms with Crippen LogP contribution < -0.4 is 14.8 Å². The quantitative estimate of drug-likeness (QED) is 0.602. The lowest BCUT2D eigenvalue weighted by Crippen LogP contribution is -2.19. The number of nitrogens with zero attached hydrogens (tertiary/aromatic N) is 1. The Balaban J connectivity index is 1.79. The van der Waals surface area contributed by atoms with Crippen LogP contribution >= 0.6 is 22.7 Å². The van der Waals surface area contributed by atoms with Crippen LogP contribution in [-0.2, 0) is 0 Å². The summed E-state index contributed by atoms with van der Waals surface area (Å²) in [7, 11) is 0. The van der Waals surface area contributed by atoms with Gasteiger partial charge in [0.05, 0.1) is 19.4 Å². The van der Waals surface area contributed by atoms with Crippen molar-refractivity contribution in [3.05, 3.63) is 84.5 Å². The first kappa shape index (κ1) is 15.0. The molecule has 3 nitrogen and oxygen atoms in total. The van der Waals surface area contributed by atoms with Gasteiger partial charge in [0.1, 0.15) is 10.8 Å². The molecule has 0 aliphatic heterocycles. The average Bonchev–Trinajstić information content (AvgIpc) is 3.10. The number of hydrogen-bond acceptors (Lipinski definition) is 4. The summed E-state index contributed by atoms with van der Waals surface area (Å²) in [6, 6.07) is 14.1. The molecule has 24 heavy (non-hydrogen) atoms. The largest absolute Gasteiger partial charge is 0.313 e. The highest BCUT2D eigenvalue weighted by atomic mass is 32.1. The van der Waals surface area contributed by atoms with Crippen LogP contribution in [0.1, 0.15) is 10.6 Å². The molecule has 0 radical (unpaired) electrons. The number of para-hydroxylation sites is 1. The SMILES string of the molecule is O=c1[nH]/c(=C/c2nc3ccccc3s2)s/c1=C\c1cccc(F)c1. The highest BCUT2D eigenvalue weighted by molar-refractivity contribution is 7.19. The van der Waals surface area contributed by atoms with Crippen LogP contribution in [0.2, 0.25) is 0 Å². The zero-order chi connectivity index (χ0) is 16.5. The first-order valence-corrected chi connectivity index (χ1v) is 8.84. The second-order valence-corrected chi connectivity index (χ2v) is 7.29. The molecular formula is C18H11FN2OS2. The van der Waals surface area contributed by atoms with Gasteiger partial charge < -0.3 is 4.98 Å². The summed E-state index contributed by atoms with van der Waals surface area (Å²) in [5.41, 5.74) is 1.42. The molecular weight excluding hydrogens is 343 g/mol. The summed E-state index contributed by atoms with van der Waals surface area (Å²) in [6.45, 7) is 0. The Morgan fingerprint density at radius 1 is 1.04 bits per heavy atom. The van der Waals surface area contributed by atoms with E-state index < -0.39 is 0 Å². The molecule has 0 spiro atoms. The van der Waals surface area contributed by atoms with E-state index >= 15 is 0 Å². The van der Waals surface area contributed by atoms with Gasteiger partial charge in [0.2, 0.25) is 0 Å². The molecule has 0 unspecified atom stereocenters. The van der Waals surface area contributed by atoms with E-state index in [0.717, 1.165) is 19.9 Å². The summed E-state index contributed by atoms with van der Waals surface area (Å²) in [4.78, 5) is 19.4. The third-order valence-electron chi connectivity index (χ3n) is 3.39. The van der Waals surface area contributed by atoms with Gasteiger partial charge in [0.25, 0.3) is 5.56 Å². The maximum Gasteiger partial charge on any atom is 0.266 e. The smallest absolute Gasteiger partial charge is 0.266 e. The molecule has 2 heterocycles. The monoisotopic (exact) mass is 354 g/mol. The minimum absolute atomic E-state index is 0.184. The van der Waals surface area contributed by atoms with Crippen molar-refractivity contribution in [1.82, 2.24) is 9.97 Å². The lowest BCUT2D eigenvalue weighted by Gasteiger charge is -1.90. The van der Waals surface area contributed by atoms with Crippen molar-refractivity contribution in [2.75, 3.05) is 0 Å². The Morgan fingerprint density at radius 3 is 2.75 bits per heavy atom. The molecule has 118 valence electrons. The number of aromatic amines is 1. The number of halogens is 1. The lowest BCUT2D eigenvalue weighted by molar-refractivity contribution is 0.627. The minimum atomic E-state index is -0.321. The highest BCUT2D eigenvalue weighted by Crippen LogP contribution is 2.21. The molecule has 0 amide bonds. The van der Waals surface area contributed by atoms with Crippen molar-refractivity contribution in [3.8, 4) is 0 Å². The van der Waals surface area contributed by atoms with Crippen molar-refractivity contribution in [3.63, 3.8) is 0 Å². The van der Waals surface area contributed by atoms with E-state index in [-0.39, 0.29) is 11.4 Å². The molecule has 0 atom stereocenters. The third-order valence-corrected chi connectivity index (χ3v) is 5.34. The number of nitrogens with one attached hydrogen (secondary N) is 1. The maximum absolute atomic E-state index is 13.2. The van der Waals surface area contributed by atoms with Crippen LogP contribution in [0.15, 0.2) is 53.3 Å². The normalized spacial score (nSPS) is 13.0. The molecule has 2 aromatic carbocycles. The number of benzene rings is 2. The second kappa shape index (κ2) is 6.14. The van der Waals surface area contributed by atoms with E-state index in [2.05, 4.69) is 9.97 Å². The molecule has 0 aliphatic rings. The number of hydrogen-bond donors (Lipinski definition) is 1. The van der Waals surface area contributed by atoms with Gasteiger partial charge in [-0.1, -0.05) is 24.3 Å². The molecule has 4 aromatic rings. The molecule has 0 fully saturated rings. The van der Waals surface area contributed by atoms with Gasteiger partial charge >= 0.3 is 0 Å². The van der Waals surface area contributed by atoms with E-state index in [9.17, 15) is 9.18 Å². The van der Waals surface area contributed by atoms with Crippen LogP contribution in [0.4, 0.5) is 4.39 Å². The predicted octanol–water partition coefficient (Wildman–Crippen LogP) is 2.84. The molecule has 0 saturated carbocycles. The number of aromatic nitrogens is 2. The van der Waals surface area contributed by atoms with Gasteiger partial charge in [-0.05, 0) is 35.9 Å². The van der Waals surface area contributed by atoms with Crippen LogP contribution in [0, 0.1) is 5.82 Å². The van der Waals surface area contributed by atoms with E-state index in [1.807, 2.05) is 30.3 Å². The third kappa shape index (κ3) is 3.06. The van der Waals surface area contributed by atoms with Gasteiger partial charge in [-0.15, -0.1) is 22.7 Å². The topological polar surface area (TPSA) is 45.8 Å². The second-order valence-electron chi connectivity index (χ2n) is 5.15. The van der Waals surface area contributed by atoms with E-state index in [1.165, 1.54) is 23.5 Å². The minimum Gasteiger partial charge on any atom is -0.313 e. The van der Waals surface area contributed by atoms with Gasteiger partial charge in [0.15, 0.2) is 0 Å². The fraction of sp³-hybridized carbons (Fsp3) is 0. The summed E-state index contributed by atoms with van der Waals surface area (Å²) in [5, 5.41) is 0.839. The summed E-state index contributed by atoms with van der Waals surface area (Å²) in [6.07, 6.45) is 3.54. The Labute approximate surface area is 144 Å². The van der Waals surface area contributed by atoms with E-state index in [0.29, 0.717) is 10.1 Å². The standard InChI is InChI=1S/C18H11FN2OS2/c19-12-5-3-4-11(8-12)9-15-18(22)21-17(24-15)10-16-20-13-6-1-2-7-14(13)23-16/h1-10H,(H,21,22)/b15-9-,17-10-. The van der Waals surface area contributed by atoms with Crippen LogP contribution in [-0.4, -0.2) is 9.97 Å². The van der Waals surface area contributed by atoms with Gasteiger partial charge in [0, 0.05) is 6.08 Å². The number of H-pyrrole nitrogens is 1. The highest BCUT2D eigenvalue weighted by Gasteiger charge is 2.01. The van der Waals surface area contributed by atoms with Gasteiger partial charge in [-0.25, -0.2) is 9.37 Å². The Hall–Kier alpha value is -2.57. The van der Waals surface area contributed by atoms with Crippen molar-refractivity contribution in [1.29, 1.82) is 0 Å². The Morgan fingerprint density at radius 2 is 1.92 bits per heavy atom. The van der Waals surface area contributed by atoms with Crippen molar-refractivity contribution >= 4 is 45.0 Å². The molecule has 0 aliphatic carbocycles. The van der Waals surface area contributed by atoms with Gasteiger partial charge in [-0.2, -0.15) is 0 Å². The van der Waals surface area contributed by atoms with Crippen LogP contribution in [0.25, 0.3) is 22.4 Å². The van der Waals surface area contributed by atoms with Crippen molar-refractivity contribution < 1.29 is 4.39 Å². The Kier molecular flexibility index (Phi) is 3.84. The van der Waals surface area contributed by atoms with Crippen molar-refractivity contribution in [2.24, 2.45) is 0 Å². The number of rotatable bonds is 2. The molecule has 2 aromatic heterocycles. The molecule has 0 saturated heterocycles. The first-order valence-electron chi connectivity index (χ1n) is 7.21. The number of fused-ring (bicyclic) bond motifs is 1. The predicted molar refractivity (Wildman–Crippen MR) is 97.3 cm³/mol. The summed E-state index contributed by atoms with van der Waals surface area (Å²) >= 11 is 2.90. The molecule has 1 N–H and O–H groups in total. The van der Waals surface area contributed by atoms with Crippen LogP contribution in [0.5, 0.6) is 0 Å². The molecule has 4 rings (SSSR count). The fourth-order valence-electron chi connectivity index (χ4n) is 2.34. The van der Waals surface area contributed by atoms with Gasteiger partial charge in [-0.3, -0.25) is 4.79 Å². The van der Waals surface area contributed by atoms with E-state index in [4.69, 9.17) is 0 Å². The molecule has 0 bridgehead atoms. The van der Waals surface area contributed by atoms with Crippen molar-refractivity contribution in [2.45, 2.75) is 0 Å². The maximum atomic E-state index is 13.2. The Bertz CT molecular complexity index is 1170. The summed E-state index contributed by atoms with van der Waals surface area (Å²) in [5.74, 6) is -0.321. The average molecular weight is 354 g/mol.